The van der Waals surface area contributed by atoms with Crippen LogP contribution in [0.1, 0.15) is 11.1 Å². The fourth-order valence-electron chi connectivity index (χ4n) is 3.92. The number of likely N-dealkylation sites (N-methyl/N-ethyl adjacent to an activating group) is 1. The maximum Gasteiger partial charge on any atom is 0.232 e. The summed E-state index contributed by atoms with van der Waals surface area (Å²) < 4.78 is 28.1. The first-order valence-corrected chi connectivity index (χ1v) is 10.0. The molecule has 8 heteroatoms. The molecule has 1 fully saturated rings. The van der Waals surface area contributed by atoms with E-state index in [1.54, 1.807) is 24.1 Å². The van der Waals surface area contributed by atoms with Gasteiger partial charge in [0.2, 0.25) is 11.8 Å². The summed E-state index contributed by atoms with van der Waals surface area (Å²) in [7, 11) is 1.71. The van der Waals surface area contributed by atoms with E-state index in [-0.39, 0.29) is 31.0 Å². The van der Waals surface area contributed by atoms with E-state index in [1.807, 2.05) is 24.3 Å². The number of halogens is 2. The molecular weight excluding hydrogens is 402 g/mol. The number of carbonyl (C=O) groups is 2. The Morgan fingerprint density at radius 3 is 2.61 bits per heavy atom. The lowest BCUT2D eigenvalue weighted by Crippen LogP contribution is -2.63. The monoisotopic (exact) mass is 424 g/mol. The van der Waals surface area contributed by atoms with E-state index < -0.39 is 29.9 Å². The van der Waals surface area contributed by atoms with Crippen LogP contribution in [-0.4, -0.2) is 44.7 Å². The minimum atomic E-state index is -1.14. The summed E-state index contributed by atoms with van der Waals surface area (Å²) in [6, 6.07) is 11.3. The van der Waals surface area contributed by atoms with Crippen molar-refractivity contribution >= 4 is 17.5 Å². The molecule has 0 bridgehead atoms. The zero-order valence-electron chi connectivity index (χ0n) is 17.0. The lowest BCUT2D eigenvalue weighted by atomic mass is 9.82. The van der Waals surface area contributed by atoms with E-state index in [1.165, 1.54) is 6.07 Å². The fraction of sp³-hybridized carbons (Fsp3) is 0.348. The number of rotatable bonds is 6. The van der Waals surface area contributed by atoms with Gasteiger partial charge in [0.05, 0.1) is 12.5 Å². The highest BCUT2D eigenvalue weighted by Gasteiger charge is 2.45. The van der Waals surface area contributed by atoms with Gasteiger partial charge in [-0.25, -0.2) is 8.78 Å². The molecule has 0 aliphatic carbocycles. The van der Waals surface area contributed by atoms with Crippen molar-refractivity contribution in [2.24, 2.45) is 5.41 Å². The molecule has 4 rings (SSSR count). The lowest BCUT2D eigenvalue weighted by molar-refractivity contribution is -0.135. The van der Waals surface area contributed by atoms with Crippen molar-refractivity contribution in [3.8, 4) is 17.2 Å². The molecule has 1 unspecified atom stereocenters. The second-order valence-corrected chi connectivity index (χ2v) is 8.16. The van der Waals surface area contributed by atoms with Gasteiger partial charge in [0, 0.05) is 32.2 Å². The number of nitrogens with one attached hydrogen (secondary N) is 2. The van der Waals surface area contributed by atoms with E-state index in [4.69, 9.17) is 0 Å². The molecular formula is C23H22F2N4O2. The number of nitriles is 1. The van der Waals surface area contributed by atoms with Gasteiger partial charge in [-0.15, -0.1) is 0 Å². The van der Waals surface area contributed by atoms with Crippen molar-refractivity contribution in [2.45, 2.75) is 18.9 Å². The molecule has 2 aliphatic heterocycles. The lowest BCUT2D eigenvalue weighted by Gasteiger charge is -2.39. The van der Waals surface area contributed by atoms with Gasteiger partial charge in [0.15, 0.2) is 0 Å². The van der Waals surface area contributed by atoms with Crippen LogP contribution < -0.4 is 15.5 Å². The summed E-state index contributed by atoms with van der Waals surface area (Å²) >= 11 is 0. The van der Waals surface area contributed by atoms with E-state index in [2.05, 4.69) is 10.6 Å². The van der Waals surface area contributed by atoms with Crippen LogP contribution in [0.4, 0.5) is 14.5 Å². The van der Waals surface area contributed by atoms with Crippen molar-refractivity contribution in [3.63, 3.8) is 0 Å². The normalized spacial score (nSPS) is 17.5. The van der Waals surface area contributed by atoms with Gasteiger partial charge in [-0.1, -0.05) is 24.3 Å². The Morgan fingerprint density at radius 2 is 2.00 bits per heavy atom. The predicted molar refractivity (Wildman–Crippen MR) is 111 cm³/mol. The molecule has 31 heavy (non-hydrogen) atoms. The van der Waals surface area contributed by atoms with E-state index >= 15 is 0 Å². The van der Waals surface area contributed by atoms with Crippen molar-refractivity contribution in [3.05, 3.63) is 53.3 Å². The van der Waals surface area contributed by atoms with Crippen LogP contribution in [-0.2, 0) is 22.4 Å². The van der Waals surface area contributed by atoms with Gasteiger partial charge in [0.25, 0.3) is 0 Å². The van der Waals surface area contributed by atoms with Gasteiger partial charge in [0.1, 0.15) is 23.9 Å². The highest BCUT2D eigenvalue weighted by Crippen LogP contribution is 2.33. The first-order chi connectivity index (χ1) is 14.9. The molecule has 2 aromatic rings. The number of hydrogen-bond donors (Lipinski definition) is 2. The molecule has 1 atom stereocenters. The van der Waals surface area contributed by atoms with Gasteiger partial charge in [-0.05, 0) is 34.4 Å². The molecule has 160 valence electrons. The number of fused-ring (bicyclic) bond motifs is 1. The summed E-state index contributed by atoms with van der Waals surface area (Å²) in [4.78, 5) is 25.8. The number of alkyl halides is 1. The van der Waals surface area contributed by atoms with Crippen LogP contribution >= 0.6 is 0 Å². The topological polar surface area (TPSA) is 85.2 Å². The summed E-state index contributed by atoms with van der Waals surface area (Å²) in [6.45, 7) is -0.370. The van der Waals surface area contributed by atoms with Crippen molar-refractivity contribution in [1.82, 2.24) is 10.6 Å². The maximum atomic E-state index is 14.8. The summed E-state index contributed by atoms with van der Waals surface area (Å²) in [5, 5.41) is 14.8. The number of carbonyl (C=O) groups excluding carboxylic acids is 2. The maximum absolute atomic E-state index is 14.8. The Bertz CT molecular complexity index is 1090. The zero-order chi connectivity index (χ0) is 22.2. The fourth-order valence-corrected chi connectivity index (χ4v) is 3.92. The molecule has 0 spiro atoms. The molecule has 0 aromatic heterocycles. The van der Waals surface area contributed by atoms with Gasteiger partial charge in [-0.2, -0.15) is 5.26 Å². The second-order valence-electron chi connectivity index (χ2n) is 8.16. The van der Waals surface area contributed by atoms with Gasteiger partial charge in [-0.3, -0.25) is 9.59 Å². The average molecular weight is 424 g/mol. The molecule has 6 nitrogen and oxygen atoms in total. The molecule has 2 N–H and O–H groups in total. The Hall–Kier alpha value is -3.31. The van der Waals surface area contributed by atoms with E-state index in [9.17, 15) is 23.6 Å². The SMILES string of the molecule is CN1C(=O)Cc2ccc(-c3ccc(CC(C#N)NC(=O)C4(CF)CNC4)c(F)c3)cc21. The Kier molecular flexibility index (Phi) is 5.46. The largest absolute Gasteiger partial charge is 0.339 e. The average Bonchev–Trinajstić information content (AvgIpc) is 3.01. The highest BCUT2D eigenvalue weighted by atomic mass is 19.1. The predicted octanol–water partition coefficient (Wildman–Crippen LogP) is 2.12. The number of benzene rings is 2. The third kappa shape index (κ3) is 3.77. The number of amides is 2. The highest BCUT2D eigenvalue weighted by molar-refractivity contribution is 6.01. The van der Waals surface area contributed by atoms with Gasteiger partial charge < -0.3 is 15.5 Å². The summed E-state index contributed by atoms with van der Waals surface area (Å²) in [5.74, 6) is -1.01. The number of hydrogen-bond acceptors (Lipinski definition) is 4. The molecule has 2 amide bonds. The van der Waals surface area contributed by atoms with Crippen LogP contribution in [0.5, 0.6) is 0 Å². The molecule has 2 heterocycles. The first kappa shape index (κ1) is 20.9. The quantitative estimate of drug-likeness (QED) is 0.744. The summed E-state index contributed by atoms with van der Waals surface area (Å²) in [5.41, 5.74) is 2.31. The molecule has 2 aromatic carbocycles. The van der Waals surface area contributed by atoms with Crippen LogP contribution in [0.15, 0.2) is 36.4 Å². The Labute approximate surface area is 178 Å². The van der Waals surface area contributed by atoms with Crippen molar-refractivity contribution in [1.29, 1.82) is 5.26 Å². The minimum Gasteiger partial charge on any atom is -0.339 e. The second kappa shape index (κ2) is 8.08. The number of nitrogens with zero attached hydrogens (tertiary/aromatic N) is 2. The van der Waals surface area contributed by atoms with Crippen LogP contribution in [0, 0.1) is 22.6 Å². The molecule has 0 radical (unpaired) electrons. The van der Waals surface area contributed by atoms with Crippen LogP contribution in [0.3, 0.4) is 0 Å². The minimum absolute atomic E-state index is 0.0190. The van der Waals surface area contributed by atoms with Crippen molar-refractivity contribution < 1.29 is 18.4 Å². The molecule has 0 saturated carbocycles. The third-order valence-corrected chi connectivity index (χ3v) is 6.10. The van der Waals surface area contributed by atoms with E-state index in [0.717, 1.165) is 16.8 Å². The third-order valence-electron chi connectivity index (χ3n) is 6.10. The zero-order valence-corrected chi connectivity index (χ0v) is 17.0. The van der Waals surface area contributed by atoms with Crippen LogP contribution in [0.25, 0.3) is 11.1 Å². The van der Waals surface area contributed by atoms with Crippen LogP contribution in [0.2, 0.25) is 0 Å². The van der Waals surface area contributed by atoms with E-state index in [0.29, 0.717) is 12.0 Å². The molecule has 2 aliphatic rings. The Balaban J connectivity index is 1.50. The standard InChI is InChI=1S/C23H22F2N4O2/c1-29-20-8-15(3-5-17(20)9-21(29)30)14-2-4-16(19(25)7-14)6-18(10-26)28-22(31)23(11-24)12-27-13-23/h2-5,7-8,18,27H,6,9,11-13H2,1H3,(H,28,31). The summed E-state index contributed by atoms with van der Waals surface area (Å²) in [6.07, 6.45) is 0.339. The Morgan fingerprint density at radius 1 is 1.29 bits per heavy atom. The number of anilines is 1. The smallest absolute Gasteiger partial charge is 0.232 e. The molecule has 1 saturated heterocycles. The van der Waals surface area contributed by atoms with Crippen molar-refractivity contribution in [2.75, 3.05) is 31.7 Å². The first-order valence-electron chi connectivity index (χ1n) is 10.0. The van der Waals surface area contributed by atoms with Gasteiger partial charge >= 0.3 is 0 Å².